The van der Waals surface area contributed by atoms with Crippen molar-refractivity contribution in [2.75, 3.05) is 20.3 Å². The lowest BCUT2D eigenvalue weighted by atomic mass is 10.1. The van der Waals surface area contributed by atoms with Crippen LogP contribution < -0.4 is 11.2 Å². The molecule has 1 aliphatic rings. The van der Waals surface area contributed by atoms with Gasteiger partial charge in [-0.3, -0.25) is 14.3 Å². The summed E-state index contributed by atoms with van der Waals surface area (Å²) in [6.45, 7) is 4.11. The van der Waals surface area contributed by atoms with Crippen LogP contribution in [-0.4, -0.2) is 53.3 Å². The number of ether oxygens (including phenoxy) is 3. The zero-order valence-electron chi connectivity index (χ0n) is 12.9. The van der Waals surface area contributed by atoms with Gasteiger partial charge in [-0.25, -0.2) is 4.79 Å². The minimum Gasteiger partial charge on any atom is -0.388 e. The molecule has 1 aromatic rings. The second kappa shape index (κ2) is 7.19. The summed E-state index contributed by atoms with van der Waals surface area (Å²) in [5.41, 5.74) is -0.651. The molecule has 1 fully saturated rings. The zero-order valence-corrected chi connectivity index (χ0v) is 12.9. The molecular formula is C14H22N2O6. The van der Waals surface area contributed by atoms with Gasteiger partial charge in [-0.2, -0.15) is 0 Å². The number of methoxy groups -OCH3 is 1. The fourth-order valence-electron chi connectivity index (χ4n) is 2.50. The van der Waals surface area contributed by atoms with Crippen LogP contribution in [0.3, 0.4) is 0 Å². The molecule has 0 spiro atoms. The number of aryl methyl sites for hydroxylation is 1. The van der Waals surface area contributed by atoms with Gasteiger partial charge in [-0.05, 0) is 13.3 Å². The first-order valence-corrected chi connectivity index (χ1v) is 7.25. The summed E-state index contributed by atoms with van der Waals surface area (Å²) in [6.07, 6.45) is -0.784. The number of hydrogen-bond donors (Lipinski definition) is 2. The van der Waals surface area contributed by atoms with Gasteiger partial charge in [0.15, 0.2) is 6.23 Å². The largest absolute Gasteiger partial charge is 0.388 e. The number of nitrogens with one attached hydrogen (secondary N) is 1. The molecule has 0 bridgehead atoms. The van der Waals surface area contributed by atoms with Crippen molar-refractivity contribution in [1.82, 2.24) is 9.55 Å². The van der Waals surface area contributed by atoms with E-state index >= 15 is 0 Å². The van der Waals surface area contributed by atoms with Gasteiger partial charge in [-0.15, -0.1) is 0 Å². The molecule has 0 aliphatic carbocycles. The van der Waals surface area contributed by atoms with E-state index in [2.05, 4.69) is 4.98 Å². The third-order valence-corrected chi connectivity index (χ3v) is 3.73. The molecule has 8 nitrogen and oxygen atoms in total. The second-order valence-corrected chi connectivity index (χ2v) is 5.27. The Morgan fingerprint density at radius 1 is 1.41 bits per heavy atom. The number of H-pyrrole nitrogens is 1. The minimum atomic E-state index is -0.856. The van der Waals surface area contributed by atoms with Crippen molar-refractivity contribution < 1.29 is 19.3 Å². The Kier molecular flexibility index (Phi) is 5.52. The Morgan fingerprint density at radius 2 is 2.14 bits per heavy atom. The summed E-state index contributed by atoms with van der Waals surface area (Å²) < 4.78 is 17.6. The predicted molar refractivity (Wildman–Crippen MR) is 77.9 cm³/mol. The second-order valence-electron chi connectivity index (χ2n) is 5.27. The molecule has 124 valence electrons. The molecule has 2 rings (SSSR count). The first-order valence-electron chi connectivity index (χ1n) is 7.25. The van der Waals surface area contributed by atoms with Crippen LogP contribution >= 0.6 is 0 Å². The molecule has 4 atom stereocenters. The van der Waals surface area contributed by atoms with Gasteiger partial charge < -0.3 is 19.3 Å². The third kappa shape index (κ3) is 3.30. The highest BCUT2D eigenvalue weighted by molar-refractivity contribution is 5.03. The van der Waals surface area contributed by atoms with Gasteiger partial charge in [-0.1, -0.05) is 6.92 Å². The van der Waals surface area contributed by atoms with Gasteiger partial charge in [0.25, 0.3) is 5.56 Å². The van der Waals surface area contributed by atoms with Crippen molar-refractivity contribution in [2.45, 2.75) is 44.8 Å². The fraction of sp³-hybridized carbons (Fsp3) is 0.714. The maximum Gasteiger partial charge on any atom is 0.330 e. The SMILES string of the molecule is CC[C@H]1O[C@@H](n2cc(C)c(=O)[nH]c2=O)C(OCCOC)[C@H]1O. The Balaban J connectivity index is 2.31. The van der Waals surface area contributed by atoms with E-state index in [0.717, 1.165) is 0 Å². The van der Waals surface area contributed by atoms with Crippen LogP contribution in [0.2, 0.25) is 0 Å². The molecule has 0 aromatic carbocycles. The zero-order chi connectivity index (χ0) is 16.3. The topological polar surface area (TPSA) is 103 Å². The van der Waals surface area contributed by atoms with Crippen molar-refractivity contribution in [2.24, 2.45) is 0 Å². The number of aromatic amines is 1. The lowest BCUT2D eigenvalue weighted by Gasteiger charge is -2.22. The predicted octanol–water partition coefficient (Wildman–Crippen LogP) is -0.455. The van der Waals surface area contributed by atoms with E-state index in [-0.39, 0.29) is 6.61 Å². The Bertz CT molecular complexity index is 610. The van der Waals surface area contributed by atoms with E-state index in [1.165, 1.54) is 10.8 Å². The molecule has 2 heterocycles. The van der Waals surface area contributed by atoms with Crippen LogP contribution in [0.25, 0.3) is 0 Å². The van der Waals surface area contributed by atoms with E-state index < -0.39 is 35.8 Å². The van der Waals surface area contributed by atoms with Crippen LogP contribution in [0.4, 0.5) is 0 Å². The highest BCUT2D eigenvalue weighted by Gasteiger charge is 2.45. The summed E-state index contributed by atoms with van der Waals surface area (Å²) in [5, 5.41) is 10.3. The van der Waals surface area contributed by atoms with E-state index in [9.17, 15) is 14.7 Å². The number of aromatic nitrogens is 2. The number of aliphatic hydroxyl groups is 1. The number of aliphatic hydroxyl groups excluding tert-OH is 1. The molecule has 0 amide bonds. The average molecular weight is 314 g/mol. The molecule has 1 saturated heterocycles. The van der Waals surface area contributed by atoms with Crippen molar-refractivity contribution in [3.05, 3.63) is 32.6 Å². The molecule has 22 heavy (non-hydrogen) atoms. The summed E-state index contributed by atoms with van der Waals surface area (Å²) >= 11 is 0. The van der Waals surface area contributed by atoms with Gasteiger partial charge in [0, 0.05) is 18.9 Å². The molecule has 2 N–H and O–H groups in total. The average Bonchev–Trinajstić information content (AvgIpc) is 2.80. The van der Waals surface area contributed by atoms with Crippen LogP contribution in [0.1, 0.15) is 25.1 Å². The van der Waals surface area contributed by atoms with Crippen LogP contribution in [0.15, 0.2) is 15.8 Å². The number of hydrogen-bond acceptors (Lipinski definition) is 6. The first kappa shape index (κ1) is 16.9. The Hall–Kier alpha value is -1.48. The Labute approximate surface area is 127 Å². The van der Waals surface area contributed by atoms with E-state index in [1.807, 2.05) is 6.92 Å². The smallest absolute Gasteiger partial charge is 0.330 e. The molecular weight excluding hydrogens is 292 g/mol. The summed E-state index contributed by atoms with van der Waals surface area (Å²) in [6, 6.07) is 0. The van der Waals surface area contributed by atoms with Crippen LogP contribution in [-0.2, 0) is 14.2 Å². The Morgan fingerprint density at radius 3 is 2.77 bits per heavy atom. The van der Waals surface area contributed by atoms with Gasteiger partial charge in [0.1, 0.15) is 12.2 Å². The van der Waals surface area contributed by atoms with Crippen LogP contribution in [0, 0.1) is 6.92 Å². The van der Waals surface area contributed by atoms with E-state index in [1.54, 1.807) is 14.0 Å². The molecule has 1 unspecified atom stereocenters. The summed E-state index contributed by atoms with van der Waals surface area (Å²) in [5.74, 6) is 0. The van der Waals surface area contributed by atoms with E-state index in [0.29, 0.717) is 18.6 Å². The highest BCUT2D eigenvalue weighted by atomic mass is 16.6. The molecule has 0 saturated carbocycles. The van der Waals surface area contributed by atoms with E-state index in [4.69, 9.17) is 14.2 Å². The van der Waals surface area contributed by atoms with Gasteiger partial charge in [0.05, 0.1) is 19.3 Å². The lowest BCUT2D eigenvalue weighted by Crippen LogP contribution is -2.40. The van der Waals surface area contributed by atoms with Crippen molar-refractivity contribution in [3.8, 4) is 0 Å². The molecule has 8 heteroatoms. The van der Waals surface area contributed by atoms with Gasteiger partial charge >= 0.3 is 5.69 Å². The monoisotopic (exact) mass is 314 g/mol. The highest BCUT2D eigenvalue weighted by Crippen LogP contribution is 2.32. The molecule has 0 radical (unpaired) electrons. The minimum absolute atomic E-state index is 0.269. The number of rotatable bonds is 6. The molecule has 1 aromatic heterocycles. The van der Waals surface area contributed by atoms with Crippen molar-refractivity contribution >= 4 is 0 Å². The normalized spacial score (nSPS) is 28.2. The van der Waals surface area contributed by atoms with Crippen LogP contribution in [0.5, 0.6) is 0 Å². The summed E-state index contributed by atoms with van der Waals surface area (Å²) in [4.78, 5) is 25.7. The fourth-order valence-corrected chi connectivity index (χ4v) is 2.50. The third-order valence-electron chi connectivity index (χ3n) is 3.73. The summed E-state index contributed by atoms with van der Waals surface area (Å²) in [7, 11) is 1.55. The van der Waals surface area contributed by atoms with Crippen molar-refractivity contribution in [3.63, 3.8) is 0 Å². The quantitative estimate of drug-likeness (QED) is 0.689. The number of nitrogens with zero attached hydrogens (tertiary/aromatic N) is 1. The van der Waals surface area contributed by atoms with Crippen molar-refractivity contribution in [1.29, 1.82) is 0 Å². The molecule has 1 aliphatic heterocycles. The lowest BCUT2D eigenvalue weighted by molar-refractivity contribution is -0.0798. The first-order chi connectivity index (χ1) is 10.5. The maximum absolute atomic E-state index is 12.0. The maximum atomic E-state index is 12.0. The van der Waals surface area contributed by atoms with Gasteiger partial charge in [0.2, 0.25) is 0 Å². The standard InChI is InChI=1S/C14H22N2O6/c1-4-9-10(17)11(21-6-5-20-3)13(22-9)16-7-8(2)12(18)15-14(16)19/h7,9-11,13,17H,4-6H2,1-3H3,(H,15,18,19)/t9-,10+,11?,13-/m1/s1.